The van der Waals surface area contributed by atoms with E-state index in [0.717, 1.165) is 16.8 Å². The highest BCUT2D eigenvalue weighted by Crippen LogP contribution is 2.22. The Morgan fingerprint density at radius 1 is 1.26 bits per heavy atom. The first kappa shape index (κ1) is 13.7. The van der Waals surface area contributed by atoms with Crippen LogP contribution in [-0.2, 0) is 6.42 Å². The van der Waals surface area contributed by atoms with Crippen molar-refractivity contribution in [2.45, 2.75) is 26.3 Å². The minimum atomic E-state index is -0.168. The molecule has 0 amide bonds. The quantitative estimate of drug-likeness (QED) is 0.909. The number of pyridine rings is 1. The zero-order valence-electron chi connectivity index (χ0n) is 11.6. The molecule has 1 aromatic carbocycles. The number of halogens is 1. The summed E-state index contributed by atoms with van der Waals surface area (Å²) in [4.78, 5) is 4.38. The predicted octanol–water partition coefficient (Wildman–Crippen LogP) is 3.34. The van der Waals surface area contributed by atoms with E-state index in [0.29, 0.717) is 12.0 Å². The van der Waals surface area contributed by atoms with Crippen molar-refractivity contribution >= 4 is 0 Å². The molecule has 0 bridgehead atoms. The van der Waals surface area contributed by atoms with Gasteiger partial charge in [-0.3, -0.25) is 4.98 Å². The standard InChI is InChI=1S/C16H19FN2/c1-11-6-7-14(17)13(9-11)16(18-3)10-15-12(2)5-4-8-19-15/h4-9,16,18H,10H2,1-3H3. The SMILES string of the molecule is CNC(Cc1ncccc1C)c1cc(C)ccc1F. The Morgan fingerprint density at radius 3 is 2.74 bits per heavy atom. The van der Waals surface area contributed by atoms with Crippen LogP contribution >= 0.6 is 0 Å². The molecule has 1 atom stereocenters. The van der Waals surface area contributed by atoms with E-state index in [1.165, 1.54) is 6.07 Å². The third-order valence-electron chi connectivity index (χ3n) is 3.39. The lowest BCUT2D eigenvalue weighted by Crippen LogP contribution is -2.21. The van der Waals surface area contributed by atoms with Crippen LogP contribution in [0.3, 0.4) is 0 Å². The van der Waals surface area contributed by atoms with Crippen LogP contribution in [0.15, 0.2) is 36.5 Å². The smallest absolute Gasteiger partial charge is 0.128 e. The fourth-order valence-corrected chi connectivity index (χ4v) is 2.22. The van der Waals surface area contributed by atoms with Gasteiger partial charge >= 0.3 is 0 Å². The Balaban J connectivity index is 2.30. The van der Waals surface area contributed by atoms with Gasteiger partial charge in [0.05, 0.1) is 0 Å². The third kappa shape index (κ3) is 3.18. The lowest BCUT2D eigenvalue weighted by Gasteiger charge is -2.18. The van der Waals surface area contributed by atoms with Crippen molar-refractivity contribution in [2.75, 3.05) is 7.05 Å². The second-order valence-electron chi connectivity index (χ2n) is 4.84. The van der Waals surface area contributed by atoms with Gasteiger partial charge in [-0.25, -0.2) is 4.39 Å². The number of rotatable bonds is 4. The van der Waals surface area contributed by atoms with Crippen LogP contribution in [0.2, 0.25) is 0 Å². The van der Waals surface area contributed by atoms with Gasteiger partial charge in [-0.15, -0.1) is 0 Å². The van der Waals surface area contributed by atoms with E-state index >= 15 is 0 Å². The molecule has 0 fully saturated rings. The maximum Gasteiger partial charge on any atom is 0.128 e. The molecule has 3 heteroatoms. The molecule has 0 spiro atoms. The van der Waals surface area contributed by atoms with Crippen LogP contribution < -0.4 is 5.32 Å². The van der Waals surface area contributed by atoms with Crippen LogP contribution in [0.1, 0.15) is 28.4 Å². The molecule has 0 radical (unpaired) electrons. The summed E-state index contributed by atoms with van der Waals surface area (Å²) in [6.45, 7) is 4.00. The summed E-state index contributed by atoms with van der Waals surface area (Å²) < 4.78 is 13.9. The minimum absolute atomic E-state index is 0.0616. The average Bonchev–Trinajstić information content (AvgIpc) is 2.41. The molecule has 0 saturated heterocycles. The highest BCUT2D eigenvalue weighted by molar-refractivity contribution is 5.29. The van der Waals surface area contributed by atoms with Gasteiger partial charge in [-0.05, 0) is 38.6 Å². The van der Waals surface area contributed by atoms with Crippen molar-refractivity contribution in [1.29, 1.82) is 0 Å². The van der Waals surface area contributed by atoms with Crippen LogP contribution in [0.25, 0.3) is 0 Å². The Morgan fingerprint density at radius 2 is 2.05 bits per heavy atom. The lowest BCUT2D eigenvalue weighted by atomic mass is 9.98. The maximum absolute atomic E-state index is 13.9. The van der Waals surface area contributed by atoms with Crippen molar-refractivity contribution in [3.63, 3.8) is 0 Å². The van der Waals surface area contributed by atoms with Gasteiger partial charge in [0.25, 0.3) is 0 Å². The second kappa shape index (κ2) is 5.93. The van der Waals surface area contributed by atoms with Crippen molar-refractivity contribution < 1.29 is 4.39 Å². The number of hydrogen-bond acceptors (Lipinski definition) is 2. The number of aromatic nitrogens is 1. The second-order valence-corrected chi connectivity index (χ2v) is 4.84. The van der Waals surface area contributed by atoms with Gasteiger partial charge in [0.15, 0.2) is 0 Å². The Labute approximate surface area is 113 Å². The van der Waals surface area contributed by atoms with E-state index in [1.807, 2.05) is 39.1 Å². The van der Waals surface area contributed by atoms with E-state index in [9.17, 15) is 4.39 Å². The first-order chi connectivity index (χ1) is 9.11. The van der Waals surface area contributed by atoms with Gasteiger partial charge in [-0.1, -0.05) is 23.8 Å². The number of nitrogens with one attached hydrogen (secondary N) is 1. The molecule has 100 valence electrons. The van der Waals surface area contributed by atoms with E-state index < -0.39 is 0 Å². The summed E-state index contributed by atoms with van der Waals surface area (Å²) in [5.41, 5.74) is 3.90. The summed E-state index contributed by atoms with van der Waals surface area (Å²) in [5.74, 6) is -0.168. The molecule has 0 saturated carbocycles. The summed E-state index contributed by atoms with van der Waals surface area (Å²) in [6.07, 6.45) is 2.46. The average molecular weight is 258 g/mol. The fraction of sp³-hybridized carbons (Fsp3) is 0.312. The molecule has 1 heterocycles. The molecule has 0 aliphatic carbocycles. The van der Waals surface area contributed by atoms with E-state index in [4.69, 9.17) is 0 Å². The molecule has 1 N–H and O–H groups in total. The zero-order chi connectivity index (χ0) is 13.8. The van der Waals surface area contributed by atoms with Gasteiger partial charge < -0.3 is 5.32 Å². The molecule has 2 aromatic rings. The van der Waals surface area contributed by atoms with Gasteiger partial charge in [0.2, 0.25) is 0 Å². The number of benzene rings is 1. The first-order valence-electron chi connectivity index (χ1n) is 6.45. The Hall–Kier alpha value is -1.74. The van der Waals surface area contributed by atoms with E-state index in [2.05, 4.69) is 10.3 Å². The molecule has 19 heavy (non-hydrogen) atoms. The zero-order valence-corrected chi connectivity index (χ0v) is 11.6. The van der Waals surface area contributed by atoms with Crippen molar-refractivity contribution in [2.24, 2.45) is 0 Å². The van der Waals surface area contributed by atoms with Crippen LogP contribution in [0.4, 0.5) is 4.39 Å². The number of hydrogen-bond donors (Lipinski definition) is 1. The molecular formula is C16H19FN2. The summed E-state index contributed by atoms with van der Waals surface area (Å²) >= 11 is 0. The molecule has 0 aliphatic heterocycles. The predicted molar refractivity (Wildman–Crippen MR) is 75.6 cm³/mol. The molecular weight excluding hydrogens is 239 g/mol. The molecule has 1 aromatic heterocycles. The van der Waals surface area contributed by atoms with Crippen LogP contribution in [-0.4, -0.2) is 12.0 Å². The molecule has 1 unspecified atom stereocenters. The van der Waals surface area contributed by atoms with Crippen LogP contribution in [0.5, 0.6) is 0 Å². The molecule has 2 rings (SSSR count). The van der Waals surface area contributed by atoms with Crippen molar-refractivity contribution in [3.8, 4) is 0 Å². The summed E-state index contributed by atoms with van der Waals surface area (Å²) in [7, 11) is 1.85. The molecule has 2 nitrogen and oxygen atoms in total. The minimum Gasteiger partial charge on any atom is -0.313 e. The largest absolute Gasteiger partial charge is 0.313 e. The Bertz CT molecular complexity index is 566. The van der Waals surface area contributed by atoms with Gasteiger partial charge in [0.1, 0.15) is 5.82 Å². The normalized spacial score (nSPS) is 12.4. The monoisotopic (exact) mass is 258 g/mol. The van der Waals surface area contributed by atoms with Crippen molar-refractivity contribution in [1.82, 2.24) is 10.3 Å². The van der Waals surface area contributed by atoms with Crippen molar-refractivity contribution in [3.05, 3.63) is 64.7 Å². The maximum atomic E-state index is 13.9. The Kier molecular flexibility index (Phi) is 4.27. The van der Waals surface area contributed by atoms with Crippen LogP contribution in [0, 0.1) is 19.7 Å². The molecule has 0 aliphatic rings. The number of likely N-dealkylation sites (N-methyl/N-ethyl adjacent to an activating group) is 1. The first-order valence-corrected chi connectivity index (χ1v) is 6.45. The summed E-state index contributed by atoms with van der Waals surface area (Å²) in [5, 5.41) is 3.18. The third-order valence-corrected chi connectivity index (χ3v) is 3.39. The fourth-order valence-electron chi connectivity index (χ4n) is 2.22. The van der Waals surface area contributed by atoms with Gasteiger partial charge in [-0.2, -0.15) is 0 Å². The topological polar surface area (TPSA) is 24.9 Å². The van der Waals surface area contributed by atoms with E-state index in [1.54, 1.807) is 12.3 Å². The van der Waals surface area contributed by atoms with Gasteiger partial charge in [0, 0.05) is 29.9 Å². The number of nitrogens with zero attached hydrogens (tertiary/aromatic N) is 1. The highest BCUT2D eigenvalue weighted by Gasteiger charge is 2.16. The van der Waals surface area contributed by atoms with E-state index in [-0.39, 0.29) is 11.9 Å². The highest BCUT2D eigenvalue weighted by atomic mass is 19.1. The lowest BCUT2D eigenvalue weighted by molar-refractivity contribution is 0.529. The number of aryl methyl sites for hydroxylation is 2. The summed E-state index contributed by atoms with van der Waals surface area (Å²) in [6, 6.07) is 9.10.